The van der Waals surface area contributed by atoms with E-state index in [1.165, 1.54) is 18.9 Å². The zero-order chi connectivity index (χ0) is 13.9. The molecule has 1 N–H and O–H groups in total. The Balaban J connectivity index is 1.71. The molecular weight excluding hydrogens is 277 g/mol. The molecule has 0 amide bonds. The van der Waals surface area contributed by atoms with E-state index in [4.69, 9.17) is 16.3 Å². The average Bonchev–Trinajstić information content (AvgIpc) is 3.25. The molecule has 2 aromatic carbocycles. The SMILES string of the molecule is Fc1ccccc1Oc1ccc(CNC2CC2)c(Cl)c1. The van der Waals surface area contributed by atoms with Crippen molar-refractivity contribution in [2.24, 2.45) is 0 Å². The van der Waals surface area contributed by atoms with Crippen molar-refractivity contribution < 1.29 is 9.13 Å². The molecule has 104 valence electrons. The van der Waals surface area contributed by atoms with E-state index in [0.717, 1.165) is 12.1 Å². The molecule has 1 fully saturated rings. The second-order valence-electron chi connectivity index (χ2n) is 4.94. The summed E-state index contributed by atoms with van der Waals surface area (Å²) in [7, 11) is 0. The number of hydrogen-bond acceptors (Lipinski definition) is 2. The van der Waals surface area contributed by atoms with Crippen LogP contribution in [-0.4, -0.2) is 6.04 Å². The van der Waals surface area contributed by atoms with Crippen molar-refractivity contribution in [3.63, 3.8) is 0 Å². The predicted octanol–water partition coefficient (Wildman–Crippen LogP) is 4.52. The number of rotatable bonds is 5. The Morgan fingerprint density at radius 1 is 1.20 bits per heavy atom. The summed E-state index contributed by atoms with van der Waals surface area (Å²) >= 11 is 6.23. The minimum Gasteiger partial charge on any atom is -0.454 e. The Morgan fingerprint density at radius 3 is 2.70 bits per heavy atom. The van der Waals surface area contributed by atoms with Crippen LogP contribution in [-0.2, 0) is 6.54 Å². The summed E-state index contributed by atoms with van der Waals surface area (Å²) in [6, 6.07) is 12.4. The maximum absolute atomic E-state index is 13.5. The van der Waals surface area contributed by atoms with Crippen LogP contribution in [0.15, 0.2) is 42.5 Å². The third kappa shape index (κ3) is 3.30. The van der Waals surface area contributed by atoms with Crippen molar-refractivity contribution in [1.29, 1.82) is 0 Å². The molecule has 20 heavy (non-hydrogen) atoms. The zero-order valence-electron chi connectivity index (χ0n) is 10.9. The molecule has 0 spiro atoms. The predicted molar refractivity (Wildman–Crippen MR) is 77.8 cm³/mol. The van der Waals surface area contributed by atoms with Crippen LogP contribution in [0.3, 0.4) is 0 Å². The normalized spacial score (nSPS) is 14.3. The zero-order valence-corrected chi connectivity index (χ0v) is 11.7. The van der Waals surface area contributed by atoms with Crippen LogP contribution in [0.4, 0.5) is 4.39 Å². The summed E-state index contributed by atoms with van der Waals surface area (Å²) in [5, 5.41) is 4.04. The van der Waals surface area contributed by atoms with Gasteiger partial charge in [0.2, 0.25) is 0 Å². The number of halogens is 2. The number of ether oxygens (including phenoxy) is 1. The lowest BCUT2D eigenvalue weighted by molar-refractivity contribution is 0.442. The van der Waals surface area contributed by atoms with Gasteiger partial charge in [-0.25, -0.2) is 4.39 Å². The molecule has 4 heteroatoms. The molecule has 1 aliphatic carbocycles. The van der Waals surface area contributed by atoms with Gasteiger partial charge in [-0.15, -0.1) is 0 Å². The van der Waals surface area contributed by atoms with Crippen LogP contribution >= 0.6 is 11.6 Å². The van der Waals surface area contributed by atoms with Gasteiger partial charge in [-0.1, -0.05) is 29.8 Å². The van der Waals surface area contributed by atoms with Gasteiger partial charge in [-0.05, 0) is 42.7 Å². The average molecular weight is 292 g/mol. The van der Waals surface area contributed by atoms with Crippen molar-refractivity contribution >= 4 is 11.6 Å². The summed E-state index contributed by atoms with van der Waals surface area (Å²) in [6.45, 7) is 0.753. The minimum atomic E-state index is -0.386. The van der Waals surface area contributed by atoms with Crippen LogP contribution in [0.1, 0.15) is 18.4 Å². The second-order valence-corrected chi connectivity index (χ2v) is 5.35. The first-order chi connectivity index (χ1) is 9.72. The molecule has 0 aromatic heterocycles. The van der Waals surface area contributed by atoms with E-state index in [1.54, 1.807) is 24.3 Å². The van der Waals surface area contributed by atoms with Crippen LogP contribution in [0.25, 0.3) is 0 Å². The third-order valence-electron chi connectivity index (χ3n) is 3.25. The van der Waals surface area contributed by atoms with Gasteiger partial charge in [0.15, 0.2) is 11.6 Å². The fourth-order valence-corrected chi connectivity index (χ4v) is 2.17. The number of benzene rings is 2. The van der Waals surface area contributed by atoms with Gasteiger partial charge >= 0.3 is 0 Å². The van der Waals surface area contributed by atoms with Gasteiger partial charge in [0, 0.05) is 17.6 Å². The Hall–Kier alpha value is -1.58. The van der Waals surface area contributed by atoms with Crippen LogP contribution in [0.2, 0.25) is 5.02 Å². The molecule has 0 saturated heterocycles. The highest BCUT2D eigenvalue weighted by Crippen LogP contribution is 2.29. The topological polar surface area (TPSA) is 21.3 Å². The molecule has 0 atom stereocenters. The van der Waals surface area contributed by atoms with Crippen molar-refractivity contribution in [2.45, 2.75) is 25.4 Å². The molecule has 0 heterocycles. The lowest BCUT2D eigenvalue weighted by Gasteiger charge is -2.10. The van der Waals surface area contributed by atoms with E-state index >= 15 is 0 Å². The quantitative estimate of drug-likeness (QED) is 0.874. The molecule has 0 radical (unpaired) electrons. The van der Waals surface area contributed by atoms with Crippen molar-refractivity contribution in [3.05, 3.63) is 58.9 Å². The fraction of sp³-hybridized carbons (Fsp3) is 0.250. The van der Waals surface area contributed by atoms with E-state index in [9.17, 15) is 4.39 Å². The van der Waals surface area contributed by atoms with Crippen LogP contribution in [0, 0.1) is 5.82 Å². The lowest BCUT2D eigenvalue weighted by atomic mass is 10.2. The van der Waals surface area contributed by atoms with Gasteiger partial charge in [0.25, 0.3) is 0 Å². The summed E-state index contributed by atoms with van der Waals surface area (Å²) in [6.07, 6.45) is 2.48. The molecule has 0 aliphatic heterocycles. The van der Waals surface area contributed by atoms with Crippen molar-refractivity contribution in [2.75, 3.05) is 0 Å². The molecule has 2 aromatic rings. The van der Waals surface area contributed by atoms with Gasteiger partial charge < -0.3 is 10.1 Å². The Bertz CT molecular complexity index is 613. The summed E-state index contributed by atoms with van der Waals surface area (Å²) in [5.41, 5.74) is 1.03. The first-order valence-corrected chi connectivity index (χ1v) is 7.04. The highest BCUT2D eigenvalue weighted by molar-refractivity contribution is 6.31. The maximum Gasteiger partial charge on any atom is 0.165 e. The highest BCUT2D eigenvalue weighted by Gasteiger charge is 2.20. The summed E-state index contributed by atoms with van der Waals surface area (Å²) in [4.78, 5) is 0. The number of nitrogens with one attached hydrogen (secondary N) is 1. The van der Waals surface area contributed by atoms with E-state index < -0.39 is 0 Å². The van der Waals surface area contributed by atoms with Gasteiger partial charge in [-0.3, -0.25) is 0 Å². The second kappa shape index (κ2) is 5.81. The lowest BCUT2D eigenvalue weighted by Crippen LogP contribution is -2.15. The molecule has 1 aliphatic rings. The molecule has 0 unspecified atom stereocenters. The molecule has 0 bridgehead atoms. The Kier molecular flexibility index (Phi) is 3.90. The molecule has 1 saturated carbocycles. The smallest absolute Gasteiger partial charge is 0.165 e. The Labute approximate surface area is 122 Å². The van der Waals surface area contributed by atoms with Crippen LogP contribution < -0.4 is 10.1 Å². The fourth-order valence-electron chi connectivity index (χ4n) is 1.93. The third-order valence-corrected chi connectivity index (χ3v) is 3.60. The Morgan fingerprint density at radius 2 is 2.00 bits per heavy atom. The minimum absolute atomic E-state index is 0.201. The molecule has 3 rings (SSSR count). The van der Waals surface area contributed by atoms with Gasteiger partial charge in [0.05, 0.1) is 0 Å². The first-order valence-electron chi connectivity index (χ1n) is 6.66. The van der Waals surface area contributed by atoms with E-state index in [0.29, 0.717) is 16.8 Å². The van der Waals surface area contributed by atoms with E-state index in [2.05, 4.69) is 5.32 Å². The monoisotopic (exact) mass is 291 g/mol. The van der Waals surface area contributed by atoms with Crippen LogP contribution in [0.5, 0.6) is 11.5 Å². The van der Waals surface area contributed by atoms with Gasteiger partial charge in [-0.2, -0.15) is 0 Å². The summed E-state index contributed by atoms with van der Waals surface area (Å²) in [5.74, 6) is 0.353. The van der Waals surface area contributed by atoms with Crippen molar-refractivity contribution in [1.82, 2.24) is 5.32 Å². The van der Waals surface area contributed by atoms with Gasteiger partial charge in [0.1, 0.15) is 5.75 Å². The molecular formula is C16H15ClFNO. The largest absolute Gasteiger partial charge is 0.454 e. The number of para-hydroxylation sites is 1. The van der Waals surface area contributed by atoms with E-state index in [-0.39, 0.29) is 11.6 Å². The number of hydrogen-bond donors (Lipinski definition) is 1. The maximum atomic E-state index is 13.5. The molecule has 2 nitrogen and oxygen atoms in total. The standard InChI is InChI=1S/C16H15ClFNO/c17-14-9-13(20-16-4-2-1-3-15(16)18)8-5-11(14)10-19-12-6-7-12/h1-5,8-9,12,19H,6-7,10H2. The highest BCUT2D eigenvalue weighted by atomic mass is 35.5. The van der Waals surface area contributed by atoms with Crippen molar-refractivity contribution in [3.8, 4) is 11.5 Å². The first kappa shape index (κ1) is 13.4. The summed E-state index contributed by atoms with van der Waals surface area (Å²) < 4.78 is 19.0. The van der Waals surface area contributed by atoms with E-state index in [1.807, 2.05) is 12.1 Å².